The topological polar surface area (TPSA) is 37.8 Å². The molecule has 1 aromatic heterocycles. The van der Waals surface area contributed by atoms with E-state index >= 15 is 0 Å². The van der Waals surface area contributed by atoms with Crippen molar-refractivity contribution in [1.82, 2.24) is 9.97 Å². The van der Waals surface area contributed by atoms with E-state index in [-0.39, 0.29) is 0 Å². The molecule has 0 aromatic carbocycles. The Morgan fingerprint density at radius 3 is 3.00 bits per heavy atom. The molecule has 0 atom stereocenters. The molecule has 76 valence electrons. The van der Waals surface area contributed by atoms with E-state index in [9.17, 15) is 0 Å². The number of thioether (sulfide) groups is 2. The van der Waals surface area contributed by atoms with Gasteiger partial charge in [0.25, 0.3) is 0 Å². The van der Waals surface area contributed by atoms with Crippen molar-refractivity contribution in [2.75, 3.05) is 18.6 Å². The summed E-state index contributed by atoms with van der Waals surface area (Å²) in [5.41, 5.74) is 2.51. The van der Waals surface area contributed by atoms with Gasteiger partial charge in [-0.15, -0.1) is 0 Å². The molecule has 0 aliphatic carbocycles. The summed E-state index contributed by atoms with van der Waals surface area (Å²) in [6.45, 7) is 0. The van der Waals surface area contributed by atoms with E-state index in [1.165, 1.54) is 11.3 Å². The molecule has 2 rings (SSSR count). The van der Waals surface area contributed by atoms with Crippen LogP contribution in [0.1, 0.15) is 17.1 Å². The molecular weight excluding hydrogens is 214 g/mol. The number of fused-ring (bicyclic) bond motifs is 1. The van der Waals surface area contributed by atoms with Crippen LogP contribution in [0.4, 0.5) is 5.82 Å². The largest absolute Gasteiger partial charge is 0.373 e. The van der Waals surface area contributed by atoms with Crippen molar-refractivity contribution in [1.29, 1.82) is 0 Å². The minimum atomic E-state index is 0.895. The third kappa shape index (κ3) is 1.83. The molecule has 0 unspecified atom stereocenters. The van der Waals surface area contributed by atoms with Gasteiger partial charge in [-0.3, -0.25) is 0 Å². The molecule has 1 aliphatic rings. The second-order valence-electron chi connectivity index (χ2n) is 3.09. The maximum absolute atomic E-state index is 4.56. The van der Waals surface area contributed by atoms with Gasteiger partial charge in [-0.05, 0) is 6.26 Å². The monoisotopic (exact) mass is 227 g/mol. The quantitative estimate of drug-likeness (QED) is 0.856. The van der Waals surface area contributed by atoms with Crippen LogP contribution in [0, 0.1) is 0 Å². The summed E-state index contributed by atoms with van der Waals surface area (Å²) in [7, 11) is 1.93. The van der Waals surface area contributed by atoms with Crippen molar-refractivity contribution in [3.63, 3.8) is 0 Å². The molecule has 3 nitrogen and oxygen atoms in total. The third-order valence-corrected chi connectivity index (χ3v) is 3.65. The lowest BCUT2D eigenvalue weighted by Gasteiger charge is -2.07. The van der Waals surface area contributed by atoms with Gasteiger partial charge >= 0.3 is 0 Å². The lowest BCUT2D eigenvalue weighted by atomic mass is 10.2. The molecule has 1 aliphatic heterocycles. The van der Waals surface area contributed by atoms with E-state index in [1.54, 1.807) is 11.8 Å². The molecule has 0 saturated heterocycles. The highest BCUT2D eigenvalue weighted by molar-refractivity contribution is 7.98. The summed E-state index contributed by atoms with van der Waals surface area (Å²) in [6, 6.07) is 0. The highest BCUT2D eigenvalue weighted by Crippen LogP contribution is 2.32. The van der Waals surface area contributed by atoms with E-state index in [4.69, 9.17) is 0 Å². The van der Waals surface area contributed by atoms with Gasteiger partial charge in [-0.1, -0.05) is 0 Å². The van der Waals surface area contributed by atoms with Crippen molar-refractivity contribution >= 4 is 29.3 Å². The van der Waals surface area contributed by atoms with Crippen molar-refractivity contribution in [2.45, 2.75) is 17.3 Å². The summed E-state index contributed by atoms with van der Waals surface area (Å²) in [6.07, 6.45) is 2.07. The zero-order chi connectivity index (χ0) is 9.97. The molecule has 0 fully saturated rings. The Bertz CT molecular complexity index is 341. The second kappa shape index (κ2) is 4.40. The maximum Gasteiger partial charge on any atom is 0.140 e. The number of anilines is 1. The molecule has 0 spiro atoms. The molecule has 14 heavy (non-hydrogen) atoms. The van der Waals surface area contributed by atoms with E-state index in [0.29, 0.717) is 0 Å². The molecule has 0 amide bonds. The standard InChI is InChI=1S/C9H13N3S2/c1-10-9-6-3-14-4-7(6)11-8(12-9)5-13-2/h3-5H2,1-2H3,(H,10,11,12). The Balaban J connectivity index is 2.39. The molecule has 1 aromatic rings. The average molecular weight is 227 g/mol. The summed E-state index contributed by atoms with van der Waals surface area (Å²) < 4.78 is 0. The Morgan fingerprint density at radius 2 is 2.29 bits per heavy atom. The number of aromatic nitrogens is 2. The molecule has 2 heterocycles. The van der Waals surface area contributed by atoms with E-state index in [2.05, 4.69) is 21.5 Å². The van der Waals surface area contributed by atoms with Crippen molar-refractivity contribution in [3.8, 4) is 0 Å². The zero-order valence-electron chi connectivity index (χ0n) is 8.33. The van der Waals surface area contributed by atoms with Gasteiger partial charge in [0.2, 0.25) is 0 Å². The van der Waals surface area contributed by atoms with Crippen LogP contribution in [0.5, 0.6) is 0 Å². The molecular formula is C9H13N3S2. The first kappa shape index (κ1) is 10.1. The van der Waals surface area contributed by atoms with E-state index < -0.39 is 0 Å². The summed E-state index contributed by atoms with van der Waals surface area (Å²) in [4.78, 5) is 9.06. The summed E-state index contributed by atoms with van der Waals surface area (Å²) >= 11 is 3.67. The fourth-order valence-corrected chi connectivity index (χ4v) is 2.93. The molecule has 5 heteroatoms. The lowest BCUT2D eigenvalue weighted by Crippen LogP contribution is -2.04. The second-order valence-corrected chi connectivity index (χ2v) is 4.94. The maximum atomic E-state index is 4.56. The molecule has 1 N–H and O–H groups in total. The highest BCUT2D eigenvalue weighted by Gasteiger charge is 2.18. The number of hydrogen-bond donors (Lipinski definition) is 1. The Labute approximate surface area is 92.5 Å². The van der Waals surface area contributed by atoms with Gasteiger partial charge in [-0.25, -0.2) is 9.97 Å². The Kier molecular flexibility index (Phi) is 3.18. The minimum absolute atomic E-state index is 0.895. The van der Waals surface area contributed by atoms with Crippen LogP contribution in [0.2, 0.25) is 0 Å². The fraction of sp³-hybridized carbons (Fsp3) is 0.556. The lowest BCUT2D eigenvalue weighted by molar-refractivity contribution is 0.976. The van der Waals surface area contributed by atoms with Gasteiger partial charge in [0.05, 0.1) is 11.4 Å². The van der Waals surface area contributed by atoms with Crippen LogP contribution in [0.15, 0.2) is 0 Å². The number of nitrogens with zero attached hydrogens (tertiary/aromatic N) is 2. The average Bonchev–Trinajstić information content (AvgIpc) is 2.65. The first-order chi connectivity index (χ1) is 6.85. The first-order valence-corrected chi connectivity index (χ1v) is 7.03. The third-order valence-electron chi connectivity index (χ3n) is 2.13. The highest BCUT2D eigenvalue weighted by atomic mass is 32.2. The van der Waals surface area contributed by atoms with Crippen LogP contribution in [-0.2, 0) is 17.3 Å². The first-order valence-electron chi connectivity index (χ1n) is 4.48. The normalized spacial score (nSPS) is 14.1. The van der Waals surface area contributed by atoms with Crippen molar-refractivity contribution in [3.05, 3.63) is 17.1 Å². The van der Waals surface area contributed by atoms with Gasteiger partial charge < -0.3 is 5.32 Å². The van der Waals surface area contributed by atoms with Gasteiger partial charge in [0.15, 0.2) is 0 Å². The van der Waals surface area contributed by atoms with Crippen LogP contribution in [0.25, 0.3) is 0 Å². The smallest absolute Gasteiger partial charge is 0.140 e. The van der Waals surface area contributed by atoms with Crippen molar-refractivity contribution < 1.29 is 0 Å². The van der Waals surface area contributed by atoms with E-state index in [1.807, 2.05) is 18.8 Å². The van der Waals surface area contributed by atoms with Crippen LogP contribution in [0.3, 0.4) is 0 Å². The molecule has 0 radical (unpaired) electrons. The number of hydrogen-bond acceptors (Lipinski definition) is 5. The number of nitrogens with one attached hydrogen (secondary N) is 1. The van der Waals surface area contributed by atoms with Crippen molar-refractivity contribution in [2.24, 2.45) is 0 Å². The summed E-state index contributed by atoms with van der Waals surface area (Å²) in [5.74, 6) is 4.94. The number of rotatable bonds is 3. The molecule has 0 saturated carbocycles. The fourth-order valence-electron chi connectivity index (χ4n) is 1.50. The van der Waals surface area contributed by atoms with Crippen LogP contribution >= 0.6 is 23.5 Å². The Morgan fingerprint density at radius 1 is 1.43 bits per heavy atom. The predicted molar refractivity (Wildman–Crippen MR) is 63.8 cm³/mol. The SMILES string of the molecule is CNc1nc(CSC)nc2c1CSC2. The van der Waals surface area contributed by atoms with Gasteiger partial charge in [0.1, 0.15) is 11.6 Å². The zero-order valence-corrected chi connectivity index (χ0v) is 9.97. The Hall–Kier alpha value is -0.420. The van der Waals surface area contributed by atoms with Gasteiger partial charge in [-0.2, -0.15) is 23.5 Å². The molecule has 0 bridgehead atoms. The minimum Gasteiger partial charge on any atom is -0.373 e. The summed E-state index contributed by atoms with van der Waals surface area (Å²) in [5, 5.41) is 3.15. The van der Waals surface area contributed by atoms with Crippen LogP contribution < -0.4 is 5.32 Å². The van der Waals surface area contributed by atoms with Gasteiger partial charge in [0, 0.05) is 24.1 Å². The predicted octanol–water partition coefficient (Wildman–Crippen LogP) is 2.13. The van der Waals surface area contributed by atoms with Crippen LogP contribution in [-0.4, -0.2) is 23.3 Å². The van der Waals surface area contributed by atoms with E-state index in [0.717, 1.165) is 28.9 Å².